The van der Waals surface area contributed by atoms with Gasteiger partial charge in [0.15, 0.2) is 0 Å². The number of benzene rings is 1. The zero-order chi connectivity index (χ0) is 12.8. The molecule has 0 radical (unpaired) electrons. The summed E-state index contributed by atoms with van der Waals surface area (Å²) in [6.45, 7) is 2.63. The van der Waals surface area contributed by atoms with Crippen LogP contribution in [0.4, 0.5) is 5.69 Å². The lowest BCUT2D eigenvalue weighted by Crippen LogP contribution is -2.25. The number of para-hydroxylation sites is 2. The fourth-order valence-corrected chi connectivity index (χ4v) is 2.46. The summed E-state index contributed by atoms with van der Waals surface area (Å²) in [4.78, 5) is 4.57. The van der Waals surface area contributed by atoms with E-state index in [1.165, 1.54) is 32.1 Å². The fraction of sp³-hybridized carbons (Fsp3) is 0.533. The SMILES string of the molecule is CCOc1ccccc1N=C(N)C1CCCCC1. The predicted octanol–water partition coefficient (Wildman–Crippen LogP) is 3.65. The molecule has 3 heteroatoms. The van der Waals surface area contributed by atoms with Gasteiger partial charge in [0.1, 0.15) is 17.3 Å². The van der Waals surface area contributed by atoms with E-state index in [1.54, 1.807) is 0 Å². The molecule has 0 amide bonds. The third-order valence-electron chi connectivity index (χ3n) is 3.44. The predicted molar refractivity (Wildman–Crippen MR) is 75.5 cm³/mol. The van der Waals surface area contributed by atoms with Crippen molar-refractivity contribution in [2.24, 2.45) is 16.6 Å². The number of rotatable bonds is 4. The van der Waals surface area contributed by atoms with Crippen LogP contribution in [-0.2, 0) is 0 Å². The quantitative estimate of drug-likeness (QED) is 0.651. The molecule has 1 aliphatic carbocycles. The summed E-state index contributed by atoms with van der Waals surface area (Å²) in [5.41, 5.74) is 6.99. The zero-order valence-corrected chi connectivity index (χ0v) is 11.1. The monoisotopic (exact) mass is 246 g/mol. The number of hydrogen-bond donors (Lipinski definition) is 1. The molecule has 0 spiro atoms. The van der Waals surface area contributed by atoms with Crippen LogP contribution in [0.3, 0.4) is 0 Å². The van der Waals surface area contributed by atoms with Crippen molar-refractivity contribution in [2.45, 2.75) is 39.0 Å². The summed E-state index contributed by atoms with van der Waals surface area (Å²) >= 11 is 0. The van der Waals surface area contributed by atoms with E-state index in [0.29, 0.717) is 12.5 Å². The summed E-state index contributed by atoms with van der Waals surface area (Å²) in [6.07, 6.45) is 6.22. The molecule has 0 aliphatic heterocycles. The first-order valence-corrected chi connectivity index (χ1v) is 6.87. The van der Waals surface area contributed by atoms with Crippen LogP contribution < -0.4 is 10.5 Å². The van der Waals surface area contributed by atoms with Gasteiger partial charge in [-0.2, -0.15) is 0 Å². The van der Waals surface area contributed by atoms with Gasteiger partial charge in [0.05, 0.1) is 6.61 Å². The van der Waals surface area contributed by atoms with E-state index in [1.807, 2.05) is 31.2 Å². The Balaban J connectivity index is 2.15. The second kappa shape index (κ2) is 6.43. The van der Waals surface area contributed by atoms with Crippen LogP contribution in [0.5, 0.6) is 5.75 Å². The van der Waals surface area contributed by atoms with Gasteiger partial charge in [-0.15, -0.1) is 0 Å². The molecule has 2 rings (SSSR count). The lowest BCUT2D eigenvalue weighted by molar-refractivity contribution is 0.341. The molecule has 1 saturated carbocycles. The summed E-state index contributed by atoms with van der Waals surface area (Å²) in [7, 11) is 0. The molecule has 1 aromatic rings. The summed E-state index contributed by atoms with van der Waals surface area (Å²) in [6, 6.07) is 7.83. The Morgan fingerprint density at radius 2 is 2.00 bits per heavy atom. The van der Waals surface area contributed by atoms with Crippen LogP contribution >= 0.6 is 0 Å². The topological polar surface area (TPSA) is 47.6 Å². The molecule has 1 fully saturated rings. The summed E-state index contributed by atoms with van der Waals surface area (Å²) in [5.74, 6) is 2.04. The summed E-state index contributed by atoms with van der Waals surface area (Å²) in [5, 5.41) is 0. The Labute approximate surface area is 109 Å². The van der Waals surface area contributed by atoms with Gasteiger partial charge in [0, 0.05) is 5.92 Å². The summed E-state index contributed by atoms with van der Waals surface area (Å²) < 4.78 is 5.56. The van der Waals surface area contributed by atoms with E-state index >= 15 is 0 Å². The van der Waals surface area contributed by atoms with Crippen LogP contribution in [0.25, 0.3) is 0 Å². The molecule has 1 aromatic carbocycles. The molecule has 0 aromatic heterocycles. The highest BCUT2D eigenvalue weighted by Crippen LogP contribution is 2.29. The minimum absolute atomic E-state index is 0.452. The molecule has 98 valence electrons. The van der Waals surface area contributed by atoms with Crippen molar-refractivity contribution in [1.29, 1.82) is 0 Å². The Morgan fingerprint density at radius 3 is 2.72 bits per heavy atom. The number of hydrogen-bond acceptors (Lipinski definition) is 2. The second-order valence-corrected chi connectivity index (χ2v) is 4.77. The first-order valence-electron chi connectivity index (χ1n) is 6.87. The maximum Gasteiger partial charge on any atom is 0.144 e. The number of ether oxygens (including phenoxy) is 1. The van der Waals surface area contributed by atoms with Crippen LogP contribution in [0.2, 0.25) is 0 Å². The molecule has 0 saturated heterocycles. The molecule has 0 unspecified atom stereocenters. The second-order valence-electron chi connectivity index (χ2n) is 4.77. The van der Waals surface area contributed by atoms with Crippen molar-refractivity contribution in [2.75, 3.05) is 6.61 Å². The number of nitrogens with two attached hydrogens (primary N) is 1. The molecule has 2 N–H and O–H groups in total. The van der Waals surface area contributed by atoms with E-state index in [2.05, 4.69) is 4.99 Å². The van der Waals surface area contributed by atoms with E-state index in [9.17, 15) is 0 Å². The molecule has 3 nitrogen and oxygen atoms in total. The fourth-order valence-electron chi connectivity index (χ4n) is 2.46. The zero-order valence-electron chi connectivity index (χ0n) is 11.1. The maximum absolute atomic E-state index is 6.14. The molecule has 1 aliphatic rings. The molecular weight excluding hydrogens is 224 g/mol. The Bertz CT molecular complexity index is 409. The van der Waals surface area contributed by atoms with E-state index < -0.39 is 0 Å². The van der Waals surface area contributed by atoms with Crippen molar-refractivity contribution < 1.29 is 4.74 Å². The molecule has 0 heterocycles. The lowest BCUT2D eigenvalue weighted by atomic mass is 9.88. The van der Waals surface area contributed by atoms with E-state index in [-0.39, 0.29) is 0 Å². The van der Waals surface area contributed by atoms with Gasteiger partial charge in [0.2, 0.25) is 0 Å². The number of amidine groups is 1. The van der Waals surface area contributed by atoms with Gasteiger partial charge in [0.25, 0.3) is 0 Å². The average Bonchev–Trinajstić information content (AvgIpc) is 2.42. The molecule has 0 bridgehead atoms. The van der Waals surface area contributed by atoms with Crippen molar-refractivity contribution >= 4 is 11.5 Å². The highest BCUT2D eigenvalue weighted by atomic mass is 16.5. The maximum atomic E-state index is 6.14. The van der Waals surface area contributed by atoms with Gasteiger partial charge in [-0.25, -0.2) is 4.99 Å². The van der Waals surface area contributed by atoms with Crippen LogP contribution in [0, 0.1) is 5.92 Å². The lowest BCUT2D eigenvalue weighted by Gasteiger charge is -2.21. The Morgan fingerprint density at radius 1 is 1.28 bits per heavy atom. The van der Waals surface area contributed by atoms with Gasteiger partial charge < -0.3 is 10.5 Å². The largest absolute Gasteiger partial charge is 0.492 e. The average molecular weight is 246 g/mol. The Hall–Kier alpha value is -1.51. The van der Waals surface area contributed by atoms with Crippen LogP contribution in [-0.4, -0.2) is 12.4 Å². The van der Waals surface area contributed by atoms with Gasteiger partial charge in [-0.05, 0) is 31.9 Å². The number of aliphatic imine (C=N–C) groups is 1. The molecule has 18 heavy (non-hydrogen) atoms. The molecule has 0 atom stereocenters. The van der Waals surface area contributed by atoms with Crippen molar-refractivity contribution in [3.8, 4) is 5.75 Å². The molecular formula is C15H22N2O. The first kappa shape index (κ1) is 12.9. The van der Waals surface area contributed by atoms with Crippen molar-refractivity contribution in [1.82, 2.24) is 0 Å². The van der Waals surface area contributed by atoms with E-state index in [0.717, 1.165) is 17.3 Å². The van der Waals surface area contributed by atoms with Gasteiger partial charge in [-0.1, -0.05) is 31.4 Å². The van der Waals surface area contributed by atoms with Crippen LogP contribution in [0.15, 0.2) is 29.3 Å². The van der Waals surface area contributed by atoms with Gasteiger partial charge >= 0.3 is 0 Å². The normalized spacial score (nSPS) is 17.7. The first-order chi connectivity index (χ1) is 8.81. The third kappa shape index (κ3) is 3.25. The standard InChI is InChI=1S/C15H22N2O/c1-2-18-14-11-7-6-10-13(14)17-15(16)12-8-4-3-5-9-12/h6-7,10-12H,2-5,8-9H2,1H3,(H2,16,17). The van der Waals surface area contributed by atoms with Crippen LogP contribution in [0.1, 0.15) is 39.0 Å². The minimum atomic E-state index is 0.452. The van der Waals surface area contributed by atoms with Crippen molar-refractivity contribution in [3.05, 3.63) is 24.3 Å². The minimum Gasteiger partial charge on any atom is -0.492 e. The van der Waals surface area contributed by atoms with Crippen molar-refractivity contribution in [3.63, 3.8) is 0 Å². The van der Waals surface area contributed by atoms with E-state index in [4.69, 9.17) is 10.5 Å². The highest BCUT2D eigenvalue weighted by Gasteiger charge is 2.17. The smallest absolute Gasteiger partial charge is 0.144 e. The number of nitrogens with zero attached hydrogens (tertiary/aromatic N) is 1. The third-order valence-corrected chi connectivity index (χ3v) is 3.44. The highest BCUT2D eigenvalue weighted by molar-refractivity contribution is 5.86. The Kier molecular flexibility index (Phi) is 4.62. The van der Waals surface area contributed by atoms with Gasteiger partial charge in [-0.3, -0.25) is 0 Å².